The molecule has 0 heterocycles. The van der Waals surface area contributed by atoms with E-state index in [1.54, 1.807) is 12.1 Å². The van der Waals surface area contributed by atoms with Gasteiger partial charge in [-0.1, -0.05) is 35.8 Å². The second-order valence-electron chi connectivity index (χ2n) is 5.04. The van der Waals surface area contributed by atoms with Gasteiger partial charge in [0, 0.05) is 11.9 Å². The van der Waals surface area contributed by atoms with Crippen LogP contribution in [-0.4, -0.2) is 22.9 Å². The first-order valence-electron chi connectivity index (χ1n) is 6.62. The molecule has 1 aromatic carbocycles. The Morgan fingerprint density at radius 1 is 1.37 bits per heavy atom. The summed E-state index contributed by atoms with van der Waals surface area (Å²) in [5.41, 5.74) is 1.35. The van der Waals surface area contributed by atoms with Crippen LogP contribution in [0.2, 0.25) is 0 Å². The fourth-order valence-electron chi connectivity index (χ4n) is 1.93. The largest absolute Gasteiger partial charge is 0.507 e. The van der Waals surface area contributed by atoms with Crippen molar-refractivity contribution in [2.75, 3.05) is 11.9 Å². The van der Waals surface area contributed by atoms with Crippen LogP contribution in [0.1, 0.15) is 42.6 Å². The van der Waals surface area contributed by atoms with Gasteiger partial charge >= 0.3 is 0 Å². The number of aryl methyl sites for hydroxylation is 1. The highest BCUT2D eigenvalue weighted by atomic mass is 79.9. The Morgan fingerprint density at radius 2 is 2.00 bits per heavy atom. The van der Waals surface area contributed by atoms with Gasteiger partial charge in [-0.15, -0.1) is 0 Å². The molecule has 0 unspecified atom stereocenters. The minimum atomic E-state index is -0.218. The Hall–Kier alpha value is -1.03. The van der Waals surface area contributed by atoms with E-state index in [9.17, 15) is 9.90 Å². The van der Waals surface area contributed by atoms with E-state index in [1.807, 2.05) is 13.0 Å². The monoisotopic (exact) mass is 327 g/mol. The van der Waals surface area contributed by atoms with Crippen molar-refractivity contribution >= 4 is 21.8 Å². The Labute approximate surface area is 123 Å². The smallest absolute Gasteiger partial charge is 0.255 e. The van der Waals surface area contributed by atoms with Gasteiger partial charge in [0.25, 0.3) is 5.91 Å². The van der Waals surface area contributed by atoms with Gasteiger partial charge in [-0.05, 0) is 42.9 Å². The van der Waals surface area contributed by atoms with Gasteiger partial charge in [0.05, 0.1) is 5.56 Å². The number of phenolic OH excluding ortho intramolecular Hbond substituents is 1. The van der Waals surface area contributed by atoms with Crippen LogP contribution < -0.4 is 5.32 Å². The van der Waals surface area contributed by atoms with E-state index in [0.29, 0.717) is 12.1 Å². The van der Waals surface area contributed by atoms with Crippen molar-refractivity contribution < 1.29 is 9.90 Å². The third-order valence-corrected chi connectivity index (χ3v) is 4.99. The summed E-state index contributed by atoms with van der Waals surface area (Å²) in [4.78, 5) is 12.1. The quantitative estimate of drug-likeness (QED) is 0.784. The second-order valence-corrected chi connectivity index (χ2v) is 5.60. The number of carbonyl (C=O) groups is 1. The average molecular weight is 328 g/mol. The molecule has 0 aliphatic carbocycles. The number of benzene rings is 1. The maximum absolute atomic E-state index is 12.1. The third kappa shape index (κ3) is 3.96. The van der Waals surface area contributed by atoms with Crippen LogP contribution in [0.5, 0.6) is 5.75 Å². The molecule has 0 spiro atoms. The van der Waals surface area contributed by atoms with Crippen LogP contribution in [0.3, 0.4) is 0 Å². The highest BCUT2D eigenvalue weighted by Gasteiger charge is 2.25. The molecular formula is C15H22BrNO2. The molecule has 0 fully saturated rings. The molecule has 0 saturated carbocycles. The molecule has 106 valence electrons. The number of alkyl halides is 1. The fraction of sp³-hybridized carbons (Fsp3) is 0.533. The summed E-state index contributed by atoms with van der Waals surface area (Å²) in [7, 11) is 0. The Balaban J connectivity index is 2.75. The summed E-state index contributed by atoms with van der Waals surface area (Å²) in [6.45, 7) is 6.74. The van der Waals surface area contributed by atoms with Crippen LogP contribution in [0, 0.1) is 12.3 Å². The topological polar surface area (TPSA) is 49.3 Å². The third-order valence-electron chi connectivity index (χ3n) is 3.81. The number of phenols is 1. The van der Waals surface area contributed by atoms with E-state index < -0.39 is 0 Å². The number of nitrogens with one attached hydrogen (secondary N) is 1. The van der Waals surface area contributed by atoms with E-state index in [1.165, 1.54) is 0 Å². The minimum absolute atomic E-state index is 0.0370. The van der Waals surface area contributed by atoms with E-state index >= 15 is 0 Å². The van der Waals surface area contributed by atoms with Crippen molar-refractivity contribution in [2.45, 2.75) is 33.6 Å². The molecule has 0 aliphatic rings. The lowest BCUT2D eigenvalue weighted by Crippen LogP contribution is -2.38. The predicted octanol–water partition coefficient (Wildman–Crippen LogP) is 3.63. The van der Waals surface area contributed by atoms with Crippen LogP contribution in [-0.2, 0) is 0 Å². The Morgan fingerprint density at radius 3 is 2.47 bits per heavy atom. The summed E-state index contributed by atoms with van der Waals surface area (Å²) in [6, 6.07) is 5.09. The summed E-state index contributed by atoms with van der Waals surface area (Å²) >= 11 is 3.52. The zero-order chi connectivity index (χ0) is 14.5. The zero-order valence-corrected chi connectivity index (χ0v) is 13.4. The zero-order valence-electron chi connectivity index (χ0n) is 11.8. The van der Waals surface area contributed by atoms with E-state index in [0.717, 1.165) is 23.7 Å². The van der Waals surface area contributed by atoms with E-state index in [4.69, 9.17) is 0 Å². The second kappa shape index (κ2) is 6.94. The highest BCUT2D eigenvalue weighted by molar-refractivity contribution is 9.09. The van der Waals surface area contributed by atoms with Crippen molar-refractivity contribution in [1.82, 2.24) is 5.32 Å². The van der Waals surface area contributed by atoms with Crippen molar-refractivity contribution in [3.8, 4) is 5.75 Å². The van der Waals surface area contributed by atoms with Crippen LogP contribution in [0.15, 0.2) is 18.2 Å². The molecule has 1 aromatic rings. The van der Waals surface area contributed by atoms with Crippen molar-refractivity contribution in [1.29, 1.82) is 0 Å². The first-order valence-corrected chi connectivity index (χ1v) is 7.74. The first kappa shape index (κ1) is 16.0. The molecule has 0 saturated heterocycles. The molecule has 0 aliphatic heterocycles. The van der Waals surface area contributed by atoms with Gasteiger partial charge in [-0.2, -0.15) is 0 Å². The maximum atomic E-state index is 12.1. The van der Waals surface area contributed by atoms with Crippen molar-refractivity contribution in [2.24, 2.45) is 5.41 Å². The van der Waals surface area contributed by atoms with Crippen LogP contribution in [0.4, 0.5) is 0 Å². The standard InChI is InChI=1S/C15H22BrNO2/c1-4-15(5-2,9-16)10-17-14(19)12-7-6-11(3)8-13(12)18/h6-8,18H,4-5,9-10H2,1-3H3,(H,17,19). The Bertz CT molecular complexity index is 434. The summed E-state index contributed by atoms with van der Waals surface area (Å²) < 4.78 is 0. The SMILES string of the molecule is CCC(CC)(CBr)CNC(=O)c1ccc(C)cc1O. The number of aromatic hydroxyl groups is 1. The number of hydrogen-bond acceptors (Lipinski definition) is 2. The van der Waals surface area contributed by atoms with Crippen molar-refractivity contribution in [3.05, 3.63) is 29.3 Å². The molecule has 4 heteroatoms. The fourth-order valence-corrected chi connectivity index (χ4v) is 2.92. The first-order chi connectivity index (χ1) is 8.98. The molecule has 3 nitrogen and oxygen atoms in total. The molecule has 0 bridgehead atoms. The molecule has 1 rings (SSSR count). The van der Waals surface area contributed by atoms with Crippen LogP contribution in [0.25, 0.3) is 0 Å². The number of hydrogen-bond donors (Lipinski definition) is 2. The molecule has 19 heavy (non-hydrogen) atoms. The summed E-state index contributed by atoms with van der Waals surface area (Å²) in [5.74, 6) is -0.181. The van der Waals surface area contributed by atoms with Gasteiger partial charge < -0.3 is 10.4 Å². The lowest BCUT2D eigenvalue weighted by Gasteiger charge is -2.29. The number of rotatable bonds is 6. The number of carbonyl (C=O) groups excluding carboxylic acids is 1. The lowest BCUT2D eigenvalue weighted by atomic mass is 9.84. The maximum Gasteiger partial charge on any atom is 0.255 e. The number of amides is 1. The summed E-state index contributed by atoms with van der Waals surface area (Å²) in [6.07, 6.45) is 1.99. The van der Waals surface area contributed by atoms with Gasteiger partial charge in [-0.25, -0.2) is 0 Å². The van der Waals surface area contributed by atoms with Gasteiger partial charge in [0.15, 0.2) is 0 Å². The molecular weight excluding hydrogens is 306 g/mol. The molecule has 0 radical (unpaired) electrons. The van der Waals surface area contributed by atoms with Crippen LogP contribution >= 0.6 is 15.9 Å². The normalized spacial score (nSPS) is 11.4. The molecule has 1 amide bonds. The van der Waals surface area contributed by atoms with Gasteiger partial charge in [0.1, 0.15) is 5.75 Å². The average Bonchev–Trinajstić information content (AvgIpc) is 2.40. The minimum Gasteiger partial charge on any atom is -0.507 e. The summed E-state index contributed by atoms with van der Waals surface area (Å²) in [5, 5.41) is 13.6. The predicted molar refractivity (Wildman–Crippen MR) is 82.0 cm³/mol. The Kier molecular flexibility index (Phi) is 5.85. The van der Waals surface area contributed by atoms with Gasteiger partial charge in [-0.3, -0.25) is 4.79 Å². The highest BCUT2D eigenvalue weighted by Crippen LogP contribution is 2.28. The van der Waals surface area contributed by atoms with E-state index in [2.05, 4.69) is 35.1 Å². The van der Waals surface area contributed by atoms with Gasteiger partial charge in [0.2, 0.25) is 0 Å². The molecule has 0 aromatic heterocycles. The molecule has 2 N–H and O–H groups in total. The number of halogens is 1. The van der Waals surface area contributed by atoms with E-state index in [-0.39, 0.29) is 17.1 Å². The molecule has 0 atom stereocenters. The van der Waals surface area contributed by atoms with Crippen molar-refractivity contribution in [3.63, 3.8) is 0 Å². The lowest BCUT2D eigenvalue weighted by molar-refractivity contribution is 0.0929.